The minimum Gasteiger partial charge on any atom is -0.494 e. The largest absolute Gasteiger partial charge is 0.494 e. The number of nitrogens with one attached hydrogen (secondary N) is 3. The van der Waals surface area contributed by atoms with Crippen molar-refractivity contribution in [3.05, 3.63) is 71.4 Å². The van der Waals surface area contributed by atoms with E-state index in [1.165, 1.54) is 26.6 Å². The van der Waals surface area contributed by atoms with Crippen molar-refractivity contribution in [1.82, 2.24) is 25.6 Å². The summed E-state index contributed by atoms with van der Waals surface area (Å²) >= 11 is 0. The molecule has 1 aliphatic rings. The Morgan fingerprint density at radius 1 is 1.19 bits per heavy atom. The molecule has 1 aromatic carbocycles. The van der Waals surface area contributed by atoms with E-state index < -0.39 is 29.7 Å². The molecule has 12 heteroatoms. The van der Waals surface area contributed by atoms with Crippen LogP contribution in [0.25, 0.3) is 0 Å². The van der Waals surface area contributed by atoms with Crippen molar-refractivity contribution in [2.24, 2.45) is 0 Å². The van der Waals surface area contributed by atoms with Gasteiger partial charge in [0.25, 0.3) is 5.91 Å². The van der Waals surface area contributed by atoms with Crippen LogP contribution in [0.5, 0.6) is 11.5 Å². The average Bonchev–Trinajstić information content (AvgIpc) is 2.89. The summed E-state index contributed by atoms with van der Waals surface area (Å²) in [5, 5.41) is 8.71. The Kier molecular flexibility index (Phi) is 7.66. The van der Waals surface area contributed by atoms with Crippen molar-refractivity contribution in [2.45, 2.75) is 26.5 Å². The smallest absolute Gasteiger partial charge is 0.254 e. The van der Waals surface area contributed by atoms with Gasteiger partial charge in [-0.2, -0.15) is 0 Å². The number of ether oxygens (including phenoxy) is 2. The van der Waals surface area contributed by atoms with Crippen LogP contribution in [-0.4, -0.2) is 47.6 Å². The zero-order valence-electron chi connectivity index (χ0n) is 20.8. The molecule has 0 spiro atoms. The van der Waals surface area contributed by atoms with Gasteiger partial charge in [-0.15, -0.1) is 0 Å². The molecule has 2 aromatic heterocycles. The zero-order chi connectivity index (χ0) is 26.5. The molecular formula is C25H27F2N7O3. The van der Waals surface area contributed by atoms with Crippen LogP contribution in [0.3, 0.4) is 0 Å². The molecule has 10 nitrogen and oxygen atoms in total. The van der Waals surface area contributed by atoms with Gasteiger partial charge in [-0.25, -0.2) is 23.7 Å². The van der Waals surface area contributed by atoms with E-state index in [0.29, 0.717) is 11.7 Å². The van der Waals surface area contributed by atoms with Crippen LogP contribution in [0.1, 0.15) is 29.8 Å². The first-order valence-corrected chi connectivity index (χ1v) is 11.5. The molecule has 0 saturated heterocycles. The van der Waals surface area contributed by atoms with Crippen molar-refractivity contribution in [3.8, 4) is 11.5 Å². The van der Waals surface area contributed by atoms with Gasteiger partial charge in [0.15, 0.2) is 17.3 Å². The quantitative estimate of drug-likeness (QED) is 0.418. The van der Waals surface area contributed by atoms with Crippen LogP contribution in [0, 0.1) is 11.6 Å². The van der Waals surface area contributed by atoms with Gasteiger partial charge in [-0.05, 0) is 32.0 Å². The summed E-state index contributed by atoms with van der Waals surface area (Å²) in [5.74, 6) is -1.69. The van der Waals surface area contributed by atoms with E-state index in [1.807, 2.05) is 25.3 Å². The molecule has 3 heterocycles. The Bertz CT molecular complexity index is 1300. The Balaban J connectivity index is 1.41. The maximum Gasteiger partial charge on any atom is 0.254 e. The molecule has 0 bridgehead atoms. The van der Waals surface area contributed by atoms with Crippen LogP contribution in [-0.2, 0) is 6.61 Å². The van der Waals surface area contributed by atoms with E-state index in [2.05, 4.69) is 42.7 Å². The maximum absolute atomic E-state index is 14.8. The first-order chi connectivity index (χ1) is 17.8. The third-order valence-electron chi connectivity index (χ3n) is 5.55. The van der Waals surface area contributed by atoms with E-state index >= 15 is 0 Å². The lowest BCUT2D eigenvalue weighted by Gasteiger charge is -2.30. The van der Waals surface area contributed by atoms with Crippen molar-refractivity contribution < 1.29 is 23.0 Å². The van der Waals surface area contributed by atoms with Gasteiger partial charge in [-0.1, -0.05) is 0 Å². The van der Waals surface area contributed by atoms with Crippen LogP contribution in [0.2, 0.25) is 0 Å². The molecule has 0 unspecified atom stereocenters. The summed E-state index contributed by atoms with van der Waals surface area (Å²) in [4.78, 5) is 26.9. The zero-order valence-corrected chi connectivity index (χ0v) is 20.8. The van der Waals surface area contributed by atoms with Crippen LogP contribution < -0.4 is 30.3 Å². The summed E-state index contributed by atoms with van der Waals surface area (Å²) < 4.78 is 39.8. The molecule has 1 atom stereocenters. The first-order valence-electron chi connectivity index (χ1n) is 11.5. The number of hydrogen-bond acceptors (Lipinski definition) is 9. The molecule has 0 fully saturated rings. The highest BCUT2D eigenvalue weighted by Gasteiger charge is 2.23. The van der Waals surface area contributed by atoms with E-state index in [9.17, 15) is 13.6 Å². The molecule has 3 aromatic rings. The Morgan fingerprint density at radius 3 is 2.57 bits per heavy atom. The SMILES string of the molecule is CNC(=O)c1cc(OC)c(F)c(COc2cnc(Nc3ccc(N4C=C(C)N[C@@H](C)C4)nc3)nc2)c1F. The summed E-state index contributed by atoms with van der Waals surface area (Å²) in [6.45, 7) is 4.42. The number of nitrogens with zero attached hydrogens (tertiary/aromatic N) is 4. The summed E-state index contributed by atoms with van der Waals surface area (Å²) in [7, 11) is 2.57. The second-order valence-corrected chi connectivity index (χ2v) is 8.38. The first kappa shape index (κ1) is 25.6. The summed E-state index contributed by atoms with van der Waals surface area (Å²) in [6.07, 6.45) is 6.42. The lowest BCUT2D eigenvalue weighted by atomic mass is 10.1. The average molecular weight is 512 g/mol. The van der Waals surface area contributed by atoms with Gasteiger partial charge in [-0.3, -0.25) is 4.79 Å². The third-order valence-corrected chi connectivity index (χ3v) is 5.55. The van der Waals surface area contributed by atoms with E-state index in [4.69, 9.17) is 9.47 Å². The molecule has 194 valence electrons. The highest BCUT2D eigenvalue weighted by molar-refractivity contribution is 5.95. The number of carbonyl (C=O) groups is 1. The second-order valence-electron chi connectivity index (χ2n) is 8.38. The standard InChI is InChI=1S/C25H27F2N7O3/c1-14-11-34(12-15(2)32-14)21-6-5-16(8-29-21)33-25-30-9-17(10-31-25)37-13-19-22(26)18(24(35)28-3)7-20(36-4)23(19)27/h5-11,15,32H,12-13H2,1-4H3,(H,28,35)(H,30,31,33)/t15-/m0/s1. The number of rotatable bonds is 8. The molecule has 1 amide bonds. The third kappa shape index (κ3) is 5.85. The monoisotopic (exact) mass is 511 g/mol. The summed E-state index contributed by atoms with van der Waals surface area (Å²) in [6, 6.07) is 5.07. The normalized spacial score (nSPS) is 14.9. The van der Waals surface area contributed by atoms with Crippen molar-refractivity contribution >= 4 is 23.4 Å². The predicted octanol–water partition coefficient (Wildman–Crippen LogP) is 3.50. The summed E-state index contributed by atoms with van der Waals surface area (Å²) in [5.41, 5.74) is 0.952. The van der Waals surface area contributed by atoms with Gasteiger partial charge < -0.3 is 30.3 Å². The number of benzene rings is 1. The van der Waals surface area contributed by atoms with Crippen LogP contribution in [0.4, 0.5) is 26.2 Å². The molecule has 0 aliphatic carbocycles. The topological polar surface area (TPSA) is 114 Å². The van der Waals surface area contributed by atoms with Crippen LogP contribution in [0.15, 0.2) is 48.7 Å². The predicted molar refractivity (Wildman–Crippen MR) is 134 cm³/mol. The van der Waals surface area contributed by atoms with Gasteiger partial charge >= 0.3 is 0 Å². The minimum atomic E-state index is -1.03. The fourth-order valence-electron chi connectivity index (χ4n) is 3.82. The maximum atomic E-state index is 14.8. The van der Waals surface area contributed by atoms with E-state index in [1.54, 1.807) is 6.20 Å². The second kappa shape index (κ2) is 11.1. The van der Waals surface area contributed by atoms with Crippen LogP contribution >= 0.6 is 0 Å². The number of pyridine rings is 1. The Morgan fingerprint density at radius 2 is 1.95 bits per heavy atom. The van der Waals surface area contributed by atoms with Crippen molar-refractivity contribution in [3.63, 3.8) is 0 Å². The lowest BCUT2D eigenvalue weighted by Crippen LogP contribution is -2.41. The van der Waals surface area contributed by atoms with E-state index in [0.717, 1.165) is 24.1 Å². The fourth-order valence-corrected chi connectivity index (χ4v) is 3.82. The molecule has 1 aliphatic heterocycles. The van der Waals surface area contributed by atoms with Crippen molar-refractivity contribution in [1.29, 1.82) is 0 Å². The van der Waals surface area contributed by atoms with Gasteiger partial charge in [0.1, 0.15) is 18.2 Å². The number of halogens is 2. The van der Waals surface area contributed by atoms with Gasteiger partial charge in [0, 0.05) is 31.5 Å². The van der Waals surface area contributed by atoms with E-state index in [-0.39, 0.29) is 23.0 Å². The van der Waals surface area contributed by atoms with Gasteiger partial charge in [0.2, 0.25) is 5.95 Å². The highest BCUT2D eigenvalue weighted by Crippen LogP contribution is 2.28. The molecule has 3 N–H and O–H groups in total. The number of amides is 1. The number of aromatic nitrogens is 3. The lowest BCUT2D eigenvalue weighted by molar-refractivity contribution is 0.0958. The number of hydrogen-bond donors (Lipinski definition) is 3. The van der Waals surface area contributed by atoms with Gasteiger partial charge in [0.05, 0.1) is 42.5 Å². The molecular weight excluding hydrogens is 484 g/mol. The molecule has 0 radical (unpaired) electrons. The highest BCUT2D eigenvalue weighted by atomic mass is 19.1. The molecule has 4 rings (SSSR count). The number of carbonyl (C=O) groups excluding carboxylic acids is 1. The number of anilines is 3. The molecule has 37 heavy (non-hydrogen) atoms. The number of methoxy groups -OCH3 is 1. The molecule has 0 saturated carbocycles. The van der Waals surface area contributed by atoms with Crippen molar-refractivity contribution in [2.75, 3.05) is 30.9 Å². The minimum absolute atomic E-state index is 0.178. The fraction of sp³-hybridized carbons (Fsp3) is 0.280. The number of allylic oxidation sites excluding steroid dienone is 1. The Hall–Kier alpha value is -4.48. The Labute approximate surface area is 212 Å².